The van der Waals surface area contributed by atoms with E-state index >= 15 is 0 Å². The molecule has 2 aromatic rings. The molecule has 2 heterocycles. The molecule has 0 saturated carbocycles. The second-order valence-electron chi connectivity index (χ2n) is 7.23. The maximum atomic E-state index is 13.3. The number of methoxy groups -OCH3 is 3. The number of rotatable bonds is 5. The lowest BCUT2D eigenvalue weighted by atomic mass is 9.85. The Morgan fingerprint density at radius 1 is 1.10 bits per heavy atom. The van der Waals surface area contributed by atoms with Gasteiger partial charge in [-0.1, -0.05) is 24.3 Å². The van der Waals surface area contributed by atoms with Crippen LogP contribution in [0.2, 0.25) is 0 Å². The molecule has 4 rings (SSSR count). The van der Waals surface area contributed by atoms with Crippen molar-refractivity contribution in [1.82, 2.24) is 4.90 Å². The quantitative estimate of drug-likeness (QED) is 0.765. The molecule has 0 spiro atoms. The fourth-order valence-electron chi connectivity index (χ4n) is 4.14. The summed E-state index contributed by atoms with van der Waals surface area (Å²) in [6.45, 7) is 0. The summed E-state index contributed by atoms with van der Waals surface area (Å²) in [6, 6.07) is 14.7. The van der Waals surface area contributed by atoms with Crippen LogP contribution in [0.5, 0.6) is 17.2 Å². The first kappa shape index (κ1) is 21.1. The van der Waals surface area contributed by atoms with E-state index in [0.29, 0.717) is 33.4 Å². The number of allylic oxidation sites excluding steroid dienone is 1. The molecule has 1 amide bonds. The van der Waals surface area contributed by atoms with Crippen molar-refractivity contribution >= 4 is 17.7 Å². The van der Waals surface area contributed by atoms with Crippen LogP contribution in [0.15, 0.2) is 53.1 Å². The molecule has 7 nitrogen and oxygen atoms in total. The number of carbonyl (C=O) groups excluding carboxylic acids is 1. The van der Waals surface area contributed by atoms with E-state index in [2.05, 4.69) is 6.07 Å². The van der Waals surface area contributed by atoms with E-state index in [9.17, 15) is 15.2 Å². The van der Waals surface area contributed by atoms with Crippen molar-refractivity contribution in [3.8, 4) is 23.3 Å². The van der Waals surface area contributed by atoms with Crippen LogP contribution in [0.1, 0.15) is 23.5 Å². The summed E-state index contributed by atoms with van der Waals surface area (Å²) in [5, 5.41) is 22.1. The number of para-hydroxylation sites is 1. The van der Waals surface area contributed by atoms with Gasteiger partial charge in [0.25, 0.3) is 0 Å². The summed E-state index contributed by atoms with van der Waals surface area (Å²) in [5.41, 5.74) is 0.133. The second-order valence-corrected chi connectivity index (χ2v) is 8.20. The van der Waals surface area contributed by atoms with Crippen LogP contribution in [0.3, 0.4) is 0 Å². The lowest BCUT2D eigenvalue weighted by Crippen LogP contribution is -2.48. The number of nitriles is 1. The highest BCUT2D eigenvalue weighted by Gasteiger charge is 2.52. The van der Waals surface area contributed by atoms with Gasteiger partial charge in [0, 0.05) is 23.5 Å². The Bertz CT molecular complexity index is 1110. The summed E-state index contributed by atoms with van der Waals surface area (Å²) >= 11 is 1.30. The molecule has 160 valence electrons. The predicted octanol–water partition coefficient (Wildman–Crippen LogP) is 3.36. The van der Waals surface area contributed by atoms with Gasteiger partial charge in [-0.2, -0.15) is 5.26 Å². The molecule has 1 fully saturated rings. The fourth-order valence-corrected chi connectivity index (χ4v) is 5.50. The largest absolute Gasteiger partial charge is 0.496 e. The summed E-state index contributed by atoms with van der Waals surface area (Å²) in [5.74, 6) is 1.11. The number of carbonyl (C=O) groups is 1. The zero-order chi connectivity index (χ0) is 22.2. The lowest BCUT2D eigenvalue weighted by molar-refractivity contribution is -0.149. The number of fused-ring (bicyclic) bond motifs is 1. The highest BCUT2D eigenvalue weighted by Crippen LogP contribution is 2.53. The molecule has 2 aliphatic rings. The van der Waals surface area contributed by atoms with Gasteiger partial charge in [0.05, 0.1) is 43.8 Å². The minimum absolute atomic E-state index is 0.0585. The summed E-state index contributed by atoms with van der Waals surface area (Å²) in [4.78, 5) is 14.6. The molecular formula is C23H22N2O5S. The number of hydrogen-bond acceptors (Lipinski definition) is 7. The molecule has 2 aromatic carbocycles. The highest BCUT2D eigenvalue weighted by atomic mass is 32.2. The van der Waals surface area contributed by atoms with Crippen molar-refractivity contribution in [1.29, 1.82) is 5.26 Å². The van der Waals surface area contributed by atoms with E-state index in [1.54, 1.807) is 25.3 Å². The van der Waals surface area contributed by atoms with Crippen molar-refractivity contribution in [2.75, 3.05) is 27.1 Å². The topological polar surface area (TPSA) is 92.0 Å². The maximum absolute atomic E-state index is 13.3. The average Bonchev–Trinajstić information content (AvgIpc) is 3.17. The molecule has 0 unspecified atom stereocenters. The molecule has 0 aliphatic carbocycles. The number of aliphatic hydroxyl groups is 1. The Balaban J connectivity index is 1.81. The lowest BCUT2D eigenvalue weighted by Gasteiger charge is -2.38. The van der Waals surface area contributed by atoms with Crippen molar-refractivity contribution in [3.63, 3.8) is 0 Å². The Morgan fingerprint density at radius 3 is 2.48 bits per heavy atom. The van der Waals surface area contributed by atoms with Gasteiger partial charge in [-0.15, -0.1) is 11.8 Å². The van der Waals surface area contributed by atoms with Gasteiger partial charge < -0.3 is 19.3 Å². The van der Waals surface area contributed by atoms with Gasteiger partial charge in [0.2, 0.25) is 5.91 Å². The van der Waals surface area contributed by atoms with E-state index in [4.69, 9.17) is 14.2 Å². The first-order valence-corrected chi connectivity index (χ1v) is 10.6. The van der Waals surface area contributed by atoms with Crippen LogP contribution in [0.4, 0.5) is 0 Å². The number of nitrogens with zero attached hydrogens (tertiary/aromatic N) is 2. The molecule has 0 radical (unpaired) electrons. The summed E-state index contributed by atoms with van der Waals surface area (Å²) < 4.78 is 16.1. The number of benzene rings is 2. The fraction of sp³-hybridized carbons (Fsp3) is 0.304. The Kier molecular flexibility index (Phi) is 5.56. The Morgan fingerprint density at radius 2 is 1.81 bits per heavy atom. The predicted molar refractivity (Wildman–Crippen MR) is 116 cm³/mol. The zero-order valence-corrected chi connectivity index (χ0v) is 18.2. The summed E-state index contributed by atoms with van der Waals surface area (Å²) in [6.07, 6.45) is 0.0585. The van der Waals surface area contributed by atoms with Crippen molar-refractivity contribution in [3.05, 3.63) is 64.2 Å². The molecule has 2 aliphatic heterocycles. The van der Waals surface area contributed by atoms with E-state index in [1.165, 1.54) is 30.9 Å². The molecular weight excluding hydrogens is 416 g/mol. The van der Waals surface area contributed by atoms with Gasteiger partial charge >= 0.3 is 0 Å². The van der Waals surface area contributed by atoms with Gasteiger partial charge in [-0.25, -0.2) is 0 Å². The first-order valence-electron chi connectivity index (χ1n) is 9.66. The molecule has 1 N–H and O–H groups in total. The third-order valence-electron chi connectivity index (χ3n) is 5.67. The van der Waals surface area contributed by atoms with Crippen LogP contribution >= 0.6 is 11.8 Å². The highest BCUT2D eigenvalue weighted by molar-refractivity contribution is 8.03. The Hall–Kier alpha value is -3.15. The number of thioether (sulfide) groups is 1. The first-order chi connectivity index (χ1) is 15.0. The standard InChI is InChI=1S/C23H22N2O5S/c1-28-18-7-5-4-6-15(18)16-11-21(26)25-22(17(16)12-24)31-13-23(25,27)14-8-9-19(29-2)20(10-14)30-3/h4-10,16,27H,11,13H2,1-3H3/t16-,23+/m1/s1. The van der Waals surface area contributed by atoms with Crippen LogP contribution in [0, 0.1) is 11.3 Å². The number of hydrogen-bond donors (Lipinski definition) is 1. The molecule has 8 heteroatoms. The monoisotopic (exact) mass is 438 g/mol. The molecule has 0 bridgehead atoms. The minimum atomic E-state index is -1.59. The third-order valence-corrected chi connectivity index (χ3v) is 6.89. The third kappa shape index (κ3) is 3.30. The average molecular weight is 439 g/mol. The minimum Gasteiger partial charge on any atom is -0.496 e. The van der Waals surface area contributed by atoms with Crippen LogP contribution in [0.25, 0.3) is 0 Å². The van der Waals surface area contributed by atoms with Crippen LogP contribution in [-0.4, -0.2) is 43.0 Å². The van der Waals surface area contributed by atoms with Crippen molar-refractivity contribution < 1.29 is 24.1 Å². The van der Waals surface area contributed by atoms with Gasteiger partial charge in [0.15, 0.2) is 17.2 Å². The van der Waals surface area contributed by atoms with Gasteiger partial charge in [0.1, 0.15) is 5.75 Å². The molecule has 31 heavy (non-hydrogen) atoms. The number of amides is 1. The normalized spacial score (nSPS) is 22.7. The van der Waals surface area contributed by atoms with E-state index in [-0.39, 0.29) is 18.1 Å². The van der Waals surface area contributed by atoms with E-state index in [0.717, 1.165) is 5.56 Å². The molecule has 2 atom stereocenters. The number of ether oxygens (including phenoxy) is 3. The van der Waals surface area contributed by atoms with Crippen LogP contribution in [-0.2, 0) is 10.5 Å². The molecule has 0 aromatic heterocycles. The van der Waals surface area contributed by atoms with Crippen molar-refractivity contribution in [2.24, 2.45) is 0 Å². The molecule has 1 saturated heterocycles. The van der Waals surface area contributed by atoms with Gasteiger partial charge in [-0.3, -0.25) is 9.69 Å². The van der Waals surface area contributed by atoms with Gasteiger partial charge in [-0.05, 0) is 18.2 Å². The van der Waals surface area contributed by atoms with Crippen molar-refractivity contribution in [2.45, 2.75) is 18.1 Å². The zero-order valence-electron chi connectivity index (χ0n) is 17.4. The maximum Gasteiger partial charge on any atom is 0.231 e. The Labute approximate surface area is 184 Å². The summed E-state index contributed by atoms with van der Waals surface area (Å²) in [7, 11) is 4.61. The van der Waals surface area contributed by atoms with E-state index in [1.807, 2.05) is 24.3 Å². The second kappa shape index (κ2) is 8.17. The van der Waals surface area contributed by atoms with E-state index < -0.39 is 11.6 Å². The van der Waals surface area contributed by atoms with Crippen LogP contribution < -0.4 is 14.2 Å². The smallest absolute Gasteiger partial charge is 0.231 e. The SMILES string of the molecule is COc1ccc([C@@]2(O)CSC3=C(C#N)[C@@H](c4ccccc4OC)CC(=O)N32)cc1OC.